The molecule has 3 rings (SSSR count). The van der Waals surface area contributed by atoms with E-state index >= 15 is 0 Å². The number of aromatic nitrogens is 1. The highest BCUT2D eigenvalue weighted by molar-refractivity contribution is 7.84. The largest absolute Gasteiger partial charge is 0.504 e. The van der Waals surface area contributed by atoms with Crippen molar-refractivity contribution in [2.24, 2.45) is 5.16 Å². The molecule has 3 amide bonds. The minimum atomic E-state index is -4.78. The number of carbonyl (C=O) groups is 3. The summed E-state index contributed by atoms with van der Waals surface area (Å²) in [6.45, 7) is 0.618. The van der Waals surface area contributed by atoms with E-state index in [9.17, 15) is 33.0 Å². The Balaban J connectivity index is 1.68. The standard InChI is InChI=1S/C17H18N6O9S2/c1-7-13(16(28)23(7)34(29,30)31)21-15(27)14(9-6-33-17(18)20-9)22-32-5-12(26)19-8-2-3-10(24)11(25)4-8/h2-4,6-7,13,24-25H,5H2,1H3,(H2,18,20)(H,19,26)(H,21,27)(H,29,30,31)/b22-14-/t7-,13+/m1/s1. The average Bonchev–Trinajstić information content (AvgIpc) is 3.17. The molecule has 2 heterocycles. The number of β-lactam (4-membered cyclic amide) rings is 1. The Labute approximate surface area is 195 Å². The van der Waals surface area contributed by atoms with Crippen molar-refractivity contribution >= 4 is 55.9 Å². The molecule has 0 unspecified atom stereocenters. The van der Waals surface area contributed by atoms with Crippen molar-refractivity contribution in [3.63, 3.8) is 0 Å². The fourth-order valence-corrected chi connectivity index (χ4v) is 4.30. The zero-order valence-corrected chi connectivity index (χ0v) is 18.8. The van der Waals surface area contributed by atoms with Crippen LogP contribution in [0, 0.1) is 0 Å². The number of phenols is 2. The number of hydrogen-bond acceptors (Lipinski definition) is 12. The second-order valence-electron chi connectivity index (χ2n) is 6.84. The molecule has 0 spiro atoms. The third-order valence-corrected chi connectivity index (χ3v) is 6.14. The first kappa shape index (κ1) is 24.7. The van der Waals surface area contributed by atoms with E-state index in [4.69, 9.17) is 15.1 Å². The van der Waals surface area contributed by atoms with Gasteiger partial charge in [0, 0.05) is 17.1 Å². The second kappa shape index (κ2) is 9.49. The van der Waals surface area contributed by atoms with Crippen LogP contribution in [0.2, 0.25) is 0 Å². The van der Waals surface area contributed by atoms with Crippen LogP contribution in [0.15, 0.2) is 28.7 Å². The number of aromatic hydroxyl groups is 2. The van der Waals surface area contributed by atoms with Gasteiger partial charge in [0.1, 0.15) is 11.7 Å². The first-order valence-electron chi connectivity index (χ1n) is 9.23. The molecule has 0 saturated carbocycles. The van der Waals surface area contributed by atoms with Gasteiger partial charge in [0.2, 0.25) is 0 Å². The summed E-state index contributed by atoms with van der Waals surface area (Å²) < 4.78 is 31.7. The van der Waals surface area contributed by atoms with Gasteiger partial charge in [0.15, 0.2) is 28.9 Å². The molecule has 34 heavy (non-hydrogen) atoms. The van der Waals surface area contributed by atoms with Crippen LogP contribution in [-0.4, -0.2) is 74.6 Å². The molecule has 1 saturated heterocycles. The van der Waals surface area contributed by atoms with Crippen LogP contribution in [0.4, 0.5) is 10.8 Å². The van der Waals surface area contributed by atoms with E-state index in [-0.39, 0.29) is 26.6 Å². The third-order valence-electron chi connectivity index (χ3n) is 4.46. The van der Waals surface area contributed by atoms with Crippen molar-refractivity contribution in [3.8, 4) is 11.5 Å². The van der Waals surface area contributed by atoms with Crippen LogP contribution in [0.3, 0.4) is 0 Å². The van der Waals surface area contributed by atoms with Gasteiger partial charge in [-0.1, -0.05) is 5.16 Å². The lowest BCUT2D eigenvalue weighted by Crippen LogP contribution is -2.71. The highest BCUT2D eigenvalue weighted by atomic mass is 32.2. The molecule has 1 aromatic heterocycles. The first-order chi connectivity index (χ1) is 15.9. The molecule has 0 aliphatic carbocycles. The molecule has 2 atom stereocenters. The molecule has 0 radical (unpaired) electrons. The fourth-order valence-electron chi connectivity index (χ4n) is 2.87. The number of nitrogen functional groups attached to an aromatic ring is 1. The lowest BCUT2D eigenvalue weighted by atomic mass is 10.0. The third kappa shape index (κ3) is 5.33. The summed E-state index contributed by atoms with van der Waals surface area (Å²) >= 11 is 0.977. The van der Waals surface area contributed by atoms with Crippen molar-refractivity contribution in [2.45, 2.75) is 19.0 Å². The number of anilines is 2. The summed E-state index contributed by atoms with van der Waals surface area (Å²) in [7, 11) is -4.78. The van der Waals surface area contributed by atoms with Crippen LogP contribution in [0.25, 0.3) is 0 Å². The monoisotopic (exact) mass is 514 g/mol. The van der Waals surface area contributed by atoms with E-state index in [1.165, 1.54) is 18.4 Å². The smallest absolute Gasteiger partial charge is 0.362 e. The molecule has 1 aliphatic heterocycles. The van der Waals surface area contributed by atoms with Gasteiger partial charge in [0.25, 0.3) is 17.7 Å². The first-order valence-corrected chi connectivity index (χ1v) is 11.5. The summed E-state index contributed by atoms with van der Waals surface area (Å²) in [6, 6.07) is 1.23. The SMILES string of the molecule is C[C@@H]1[C@H](NC(=O)/C(=N\OCC(=O)Nc2ccc(O)c(O)c2)c2csc(N)n2)C(=O)N1S(=O)(=O)O. The van der Waals surface area contributed by atoms with Crippen LogP contribution in [0.5, 0.6) is 11.5 Å². The molecule has 1 aliphatic rings. The Bertz CT molecular complexity index is 1280. The topological polar surface area (TPSA) is 234 Å². The number of carbonyl (C=O) groups excluding carboxylic acids is 3. The van der Waals surface area contributed by atoms with Crippen LogP contribution < -0.4 is 16.4 Å². The number of nitrogens with two attached hydrogens (primary N) is 1. The molecule has 2 aromatic rings. The maximum absolute atomic E-state index is 12.7. The van der Waals surface area contributed by atoms with Gasteiger partial charge >= 0.3 is 10.3 Å². The molecule has 15 nitrogen and oxygen atoms in total. The molecular formula is C17H18N6O9S2. The van der Waals surface area contributed by atoms with E-state index in [1.54, 1.807) is 0 Å². The van der Waals surface area contributed by atoms with E-state index < -0.39 is 58.2 Å². The minimum Gasteiger partial charge on any atom is -0.504 e. The van der Waals surface area contributed by atoms with E-state index in [2.05, 4.69) is 20.8 Å². The molecule has 182 valence electrons. The van der Waals surface area contributed by atoms with Gasteiger partial charge in [-0.15, -0.1) is 11.3 Å². The highest BCUT2D eigenvalue weighted by Gasteiger charge is 2.51. The zero-order chi connectivity index (χ0) is 25.2. The molecule has 17 heteroatoms. The summed E-state index contributed by atoms with van der Waals surface area (Å²) in [5.41, 5.74) is 5.24. The predicted molar refractivity (Wildman–Crippen MR) is 117 cm³/mol. The van der Waals surface area contributed by atoms with Crippen molar-refractivity contribution in [3.05, 3.63) is 29.3 Å². The van der Waals surface area contributed by atoms with Crippen molar-refractivity contribution in [1.82, 2.24) is 14.6 Å². The number of benzene rings is 1. The van der Waals surface area contributed by atoms with Crippen molar-refractivity contribution < 1.29 is 42.4 Å². The van der Waals surface area contributed by atoms with Gasteiger partial charge in [-0.3, -0.25) is 18.9 Å². The minimum absolute atomic E-state index is 0.0325. The molecular weight excluding hydrogens is 496 g/mol. The fraction of sp³-hybridized carbons (Fsp3) is 0.235. The highest BCUT2D eigenvalue weighted by Crippen LogP contribution is 2.27. The molecule has 1 fully saturated rings. The predicted octanol–water partition coefficient (Wildman–Crippen LogP) is -0.986. The van der Waals surface area contributed by atoms with Gasteiger partial charge in [-0.2, -0.15) is 8.42 Å². The Hall–Kier alpha value is -3.96. The number of hydrogen-bond donors (Lipinski definition) is 6. The Morgan fingerprint density at radius 2 is 2.03 bits per heavy atom. The van der Waals surface area contributed by atoms with E-state index in [1.807, 2.05) is 0 Å². The number of thiazole rings is 1. The summed E-state index contributed by atoms with van der Waals surface area (Å²) in [6.07, 6.45) is 0. The zero-order valence-electron chi connectivity index (χ0n) is 17.2. The average molecular weight is 514 g/mol. The number of phenolic OH excluding ortho intramolecular Hbond substituents is 2. The van der Waals surface area contributed by atoms with Crippen LogP contribution >= 0.6 is 11.3 Å². The lowest BCUT2D eigenvalue weighted by molar-refractivity contribution is -0.143. The quantitative estimate of drug-likeness (QED) is 0.0625. The molecule has 7 N–H and O–H groups in total. The van der Waals surface area contributed by atoms with E-state index in [0.29, 0.717) is 0 Å². The molecule has 1 aromatic carbocycles. The van der Waals surface area contributed by atoms with E-state index in [0.717, 1.165) is 23.5 Å². The van der Waals surface area contributed by atoms with Crippen LogP contribution in [-0.2, 0) is 29.5 Å². The Morgan fingerprint density at radius 1 is 1.32 bits per heavy atom. The van der Waals surface area contributed by atoms with Crippen molar-refractivity contribution in [1.29, 1.82) is 0 Å². The molecule has 0 bridgehead atoms. The Kier molecular flexibility index (Phi) is 6.89. The van der Waals surface area contributed by atoms with Gasteiger partial charge < -0.3 is 31.4 Å². The van der Waals surface area contributed by atoms with Gasteiger partial charge in [0.05, 0.1) is 6.04 Å². The summed E-state index contributed by atoms with van der Waals surface area (Å²) in [5, 5.41) is 28.4. The second-order valence-corrected chi connectivity index (χ2v) is 9.02. The van der Waals surface area contributed by atoms with Gasteiger partial charge in [-0.05, 0) is 19.1 Å². The van der Waals surface area contributed by atoms with Crippen LogP contribution in [0.1, 0.15) is 12.6 Å². The number of nitrogens with one attached hydrogen (secondary N) is 2. The number of rotatable bonds is 8. The summed E-state index contributed by atoms with van der Waals surface area (Å²) in [5.74, 6) is -3.59. The van der Waals surface area contributed by atoms with Crippen molar-refractivity contribution in [2.75, 3.05) is 17.7 Å². The maximum atomic E-state index is 12.7. The number of oxime groups is 1. The van der Waals surface area contributed by atoms with Gasteiger partial charge in [-0.25, -0.2) is 9.29 Å². The maximum Gasteiger partial charge on any atom is 0.362 e. The summed E-state index contributed by atoms with van der Waals surface area (Å²) in [4.78, 5) is 45.6. The Morgan fingerprint density at radius 3 is 2.59 bits per heavy atom. The number of amides is 3. The number of nitrogens with zero attached hydrogens (tertiary/aromatic N) is 3. The lowest BCUT2D eigenvalue weighted by Gasteiger charge is -2.42. The normalized spacial score (nSPS) is 18.2.